The van der Waals surface area contributed by atoms with Gasteiger partial charge >= 0.3 is 5.97 Å². The second kappa shape index (κ2) is 9.42. The summed E-state index contributed by atoms with van der Waals surface area (Å²) < 4.78 is 4.67. The van der Waals surface area contributed by atoms with Gasteiger partial charge in [0.05, 0.1) is 23.7 Å². The van der Waals surface area contributed by atoms with Gasteiger partial charge in [0.2, 0.25) is 0 Å². The first-order valence-corrected chi connectivity index (χ1v) is 7.70. The molecule has 4 nitrogen and oxygen atoms in total. The first kappa shape index (κ1) is 22.7. The summed E-state index contributed by atoms with van der Waals surface area (Å²) in [6.45, 7) is 17.7. The van der Waals surface area contributed by atoms with Crippen molar-refractivity contribution < 1.29 is 19.3 Å². The molecule has 0 spiro atoms. The molecule has 0 saturated heterocycles. The van der Waals surface area contributed by atoms with Crippen LogP contribution in [0.2, 0.25) is 0 Å². The van der Waals surface area contributed by atoms with Gasteiger partial charge in [-0.05, 0) is 61.8 Å². The zero-order valence-corrected chi connectivity index (χ0v) is 15.8. The SMILES string of the molecule is CC(C)(C)OOC(C)(C)C.CCCCC(C)(C)C(=O)OC. The van der Waals surface area contributed by atoms with E-state index in [4.69, 9.17) is 9.78 Å². The number of hydrogen-bond donors (Lipinski definition) is 0. The fourth-order valence-electron chi connectivity index (χ4n) is 1.25. The maximum atomic E-state index is 11.1. The number of carbonyl (C=O) groups excluding carboxylic acids is 1. The Labute approximate surface area is 131 Å². The molecule has 0 aromatic rings. The standard InChI is InChI=1S/C9H18O2.C8H18O2/c1-5-6-7-9(2,3)8(10)11-4;1-7(2,3)9-10-8(4,5)6/h5-7H2,1-4H3;1-6H3. The Hall–Kier alpha value is -0.610. The van der Waals surface area contributed by atoms with Crippen molar-refractivity contribution in [2.75, 3.05) is 7.11 Å². The molecule has 0 fully saturated rings. The highest BCUT2D eigenvalue weighted by atomic mass is 17.2. The van der Waals surface area contributed by atoms with Gasteiger partial charge in [0.25, 0.3) is 0 Å². The molecule has 0 aromatic heterocycles. The van der Waals surface area contributed by atoms with E-state index < -0.39 is 0 Å². The average molecular weight is 304 g/mol. The first-order valence-electron chi connectivity index (χ1n) is 7.70. The minimum Gasteiger partial charge on any atom is -0.469 e. The van der Waals surface area contributed by atoms with Crippen LogP contribution < -0.4 is 0 Å². The third kappa shape index (κ3) is 15.6. The summed E-state index contributed by atoms with van der Waals surface area (Å²) in [5.74, 6) is -0.106. The smallest absolute Gasteiger partial charge is 0.311 e. The van der Waals surface area contributed by atoms with Gasteiger partial charge in [0.15, 0.2) is 0 Å². The van der Waals surface area contributed by atoms with Crippen LogP contribution >= 0.6 is 0 Å². The lowest BCUT2D eigenvalue weighted by atomic mass is 9.87. The third-order valence-corrected chi connectivity index (χ3v) is 2.43. The monoisotopic (exact) mass is 304 g/mol. The van der Waals surface area contributed by atoms with E-state index in [1.54, 1.807) is 0 Å². The normalized spacial score (nSPS) is 12.5. The van der Waals surface area contributed by atoms with Crippen molar-refractivity contribution in [3.63, 3.8) is 0 Å². The van der Waals surface area contributed by atoms with Gasteiger partial charge < -0.3 is 4.74 Å². The van der Waals surface area contributed by atoms with Crippen LogP contribution in [0, 0.1) is 5.41 Å². The van der Waals surface area contributed by atoms with Crippen LogP contribution in [0.5, 0.6) is 0 Å². The van der Waals surface area contributed by atoms with Crippen molar-refractivity contribution >= 4 is 5.97 Å². The van der Waals surface area contributed by atoms with Crippen LogP contribution in [0.4, 0.5) is 0 Å². The summed E-state index contributed by atoms with van der Waals surface area (Å²) in [6, 6.07) is 0. The van der Waals surface area contributed by atoms with Crippen LogP contribution in [0.25, 0.3) is 0 Å². The van der Waals surface area contributed by atoms with E-state index in [1.165, 1.54) is 7.11 Å². The Bertz CT molecular complexity index is 268. The molecule has 0 aliphatic carbocycles. The number of rotatable bonds is 5. The molecule has 0 N–H and O–H groups in total. The molecule has 21 heavy (non-hydrogen) atoms. The number of ether oxygens (including phenoxy) is 1. The lowest BCUT2D eigenvalue weighted by molar-refractivity contribution is -0.393. The summed E-state index contributed by atoms with van der Waals surface area (Å²) >= 11 is 0. The van der Waals surface area contributed by atoms with Crippen LogP contribution in [0.15, 0.2) is 0 Å². The van der Waals surface area contributed by atoms with E-state index in [9.17, 15) is 4.79 Å². The summed E-state index contributed by atoms with van der Waals surface area (Å²) in [6.07, 6.45) is 3.12. The number of methoxy groups -OCH3 is 1. The van der Waals surface area contributed by atoms with Gasteiger partial charge in [-0.1, -0.05) is 19.8 Å². The second-order valence-corrected chi connectivity index (χ2v) is 7.87. The minimum atomic E-state index is -0.301. The molecule has 0 bridgehead atoms. The molecule has 0 aromatic carbocycles. The largest absolute Gasteiger partial charge is 0.469 e. The molecule has 0 amide bonds. The van der Waals surface area contributed by atoms with E-state index in [0.29, 0.717) is 0 Å². The maximum absolute atomic E-state index is 11.1. The Morgan fingerprint density at radius 2 is 1.24 bits per heavy atom. The molecule has 0 aliphatic rings. The van der Waals surface area contributed by atoms with E-state index >= 15 is 0 Å². The summed E-state index contributed by atoms with van der Waals surface area (Å²) in [7, 11) is 1.44. The molecule has 0 unspecified atom stereocenters. The minimum absolute atomic E-state index is 0.106. The summed E-state index contributed by atoms with van der Waals surface area (Å²) in [5.41, 5.74) is -0.731. The molecule has 4 heteroatoms. The summed E-state index contributed by atoms with van der Waals surface area (Å²) in [4.78, 5) is 21.3. The van der Waals surface area contributed by atoms with Crippen LogP contribution in [-0.2, 0) is 19.3 Å². The Morgan fingerprint density at radius 1 is 0.857 bits per heavy atom. The Morgan fingerprint density at radius 3 is 1.48 bits per heavy atom. The van der Waals surface area contributed by atoms with Gasteiger partial charge in [0, 0.05) is 0 Å². The molecule has 0 saturated carbocycles. The third-order valence-electron chi connectivity index (χ3n) is 2.43. The van der Waals surface area contributed by atoms with Gasteiger partial charge in [-0.25, -0.2) is 9.78 Å². The molecule has 0 rings (SSSR count). The predicted octanol–water partition coefficient (Wildman–Crippen LogP) is 4.91. The quantitative estimate of drug-likeness (QED) is 0.411. The lowest BCUT2D eigenvalue weighted by Crippen LogP contribution is -2.27. The van der Waals surface area contributed by atoms with E-state index in [1.807, 2.05) is 55.4 Å². The van der Waals surface area contributed by atoms with Gasteiger partial charge in [-0.2, -0.15) is 0 Å². The molecule has 0 atom stereocenters. The molecule has 0 heterocycles. The van der Waals surface area contributed by atoms with Crippen molar-refractivity contribution in [3.05, 3.63) is 0 Å². The topological polar surface area (TPSA) is 44.8 Å². The highest BCUT2D eigenvalue weighted by Gasteiger charge is 2.27. The molecular weight excluding hydrogens is 268 g/mol. The van der Waals surface area contributed by atoms with E-state index in [-0.39, 0.29) is 22.6 Å². The van der Waals surface area contributed by atoms with Crippen LogP contribution in [0.3, 0.4) is 0 Å². The van der Waals surface area contributed by atoms with Crippen LogP contribution in [0.1, 0.15) is 81.6 Å². The summed E-state index contributed by atoms with van der Waals surface area (Å²) in [5, 5.41) is 0. The molecule has 0 radical (unpaired) electrons. The first-order chi connectivity index (χ1) is 9.25. The lowest BCUT2D eigenvalue weighted by Gasteiger charge is -2.24. The zero-order valence-electron chi connectivity index (χ0n) is 15.8. The second-order valence-electron chi connectivity index (χ2n) is 7.87. The van der Waals surface area contributed by atoms with Crippen molar-refractivity contribution in [2.24, 2.45) is 5.41 Å². The van der Waals surface area contributed by atoms with Crippen molar-refractivity contribution in [2.45, 2.75) is 92.8 Å². The Kier molecular flexibility index (Phi) is 10.2. The molecule has 128 valence electrons. The number of unbranched alkanes of at least 4 members (excludes halogenated alkanes) is 1. The number of hydrogen-bond acceptors (Lipinski definition) is 4. The van der Waals surface area contributed by atoms with Gasteiger partial charge in [-0.3, -0.25) is 4.79 Å². The zero-order chi connectivity index (χ0) is 17.3. The van der Waals surface area contributed by atoms with E-state index in [0.717, 1.165) is 19.3 Å². The van der Waals surface area contributed by atoms with Crippen molar-refractivity contribution in [3.8, 4) is 0 Å². The maximum Gasteiger partial charge on any atom is 0.311 e. The highest BCUT2D eigenvalue weighted by molar-refractivity contribution is 5.75. The van der Waals surface area contributed by atoms with Crippen LogP contribution in [-0.4, -0.2) is 24.3 Å². The average Bonchev–Trinajstić information content (AvgIpc) is 2.32. The number of carbonyl (C=O) groups is 1. The fourth-order valence-corrected chi connectivity index (χ4v) is 1.25. The predicted molar refractivity (Wildman–Crippen MR) is 87.0 cm³/mol. The van der Waals surface area contributed by atoms with Gasteiger partial charge in [0.1, 0.15) is 0 Å². The number of esters is 1. The molecule has 0 aliphatic heterocycles. The highest BCUT2D eigenvalue weighted by Crippen LogP contribution is 2.24. The van der Waals surface area contributed by atoms with Crippen molar-refractivity contribution in [1.29, 1.82) is 0 Å². The van der Waals surface area contributed by atoms with Crippen molar-refractivity contribution in [1.82, 2.24) is 0 Å². The molecular formula is C17H36O4. The fraction of sp³-hybridized carbons (Fsp3) is 0.941. The van der Waals surface area contributed by atoms with E-state index in [2.05, 4.69) is 11.7 Å². The van der Waals surface area contributed by atoms with Gasteiger partial charge in [-0.15, -0.1) is 0 Å². The Balaban J connectivity index is 0.